The Bertz CT molecular complexity index is 424. The topological polar surface area (TPSA) is 54.3 Å². The maximum Gasteiger partial charge on any atom is 0.162 e. The summed E-state index contributed by atoms with van der Waals surface area (Å²) >= 11 is 0. The molecule has 4 heteroatoms. The predicted octanol–water partition coefficient (Wildman–Crippen LogP) is 2.91. The van der Waals surface area contributed by atoms with Crippen molar-refractivity contribution < 1.29 is 9.47 Å². The lowest BCUT2D eigenvalue weighted by molar-refractivity contribution is 0.355. The lowest BCUT2D eigenvalue weighted by Crippen LogP contribution is -2.17. The standard InChI is InChI=1S/C14H20N2O2/c1-10(2)11(8-15)9-16-12-5-6-13(17-3)14(7-12)18-4/h5-7,10-11,16H,9H2,1-4H3. The summed E-state index contributed by atoms with van der Waals surface area (Å²) in [5.41, 5.74) is 0.925. The van der Waals surface area contributed by atoms with Crippen molar-refractivity contribution >= 4 is 5.69 Å². The summed E-state index contributed by atoms with van der Waals surface area (Å²) in [7, 11) is 3.21. The number of ether oxygens (including phenoxy) is 2. The molecule has 1 unspecified atom stereocenters. The van der Waals surface area contributed by atoms with Gasteiger partial charge >= 0.3 is 0 Å². The van der Waals surface area contributed by atoms with Crippen molar-refractivity contribution in [2.75, 3.05) is 26.1 Å². The molecule has 0 aliphatic carbocycles. The minimum Gasteiger partial charge on any atom is -0.493 e. The van der Waals surface area contributed by atoms with Gasteiger partial charge in [0.15, 0.2) is 11.5 Å². The van der Waals surface area contributed by atoms with Crippen LogP contribution in [0.25, 0.3) is 0 Å². The van der Waals surface area contributed by atoms with Gasteiger partial charge in [-0.25, -0.2) is 0 Å². The molecule has 1 rings (SSSR count). The van der Waals surface area contributed by atoms with Crippen LogP contribution < -0.4 is 14.8 Å². The minimum atomic E-state index is -0.00176. The van der Waals surface area contributed by atoms with Crippen LogP contribution >= 0.6 is 0 Å². The number of methoxy groups -OCH3 is 2. The second kappa shape index (κ2) is 6.75. The Morgan fingerprint density at radius 2 is 1.89 bits per heavy atom. The van der Waals surface area contributed by atoms with Gasteiger partial charge in [-0.15, -0.1) is 0 Å². The molecule has 0 aromatic heterocycles. The smallest absolute Gasteiger partial charge is 0.162 e. The number of hydrogen-bond acceptors (Lipinski definition) is 4. The molecule has 0 amide bonds. The van der Waals surface area contributed by atoms with Crippen molar-refractivity contribution in [3.63, 3.8) is 0 Å². The Balaban J connectivity index is 2.71. The van der Waals surface area contributed by atoms with Crippen LogP contribution in [-0.4, -0.2) is 20.8 Å². The molecular weight excluding hydrogens is 228 g/mol. The molecule has 98 valence electrons. The van der Waals surface area contributed by atoms with Gasteiger partial charge in [-0.2, -0.15) is 5.26 Å². The Morgan fingerprint density at radius 1 is 1.22 bits per heavy atom. The molecule has 0 saturated heterocycles. The van der Waals surface area contributed by atoms with Crippen LogP contribution in [0.5, 0.6) is 11.5 Å². The third kappa shape index (κ3) is 3.56. The molecule has 0 spiro atoms. The number of rotatable bonds is 6. The van der Waals surface area contributed by atoms with Crippen LogP contribution in [0.1, 0.15) is 13.8 Å². The molecule has 0 fully saturated rings. The van der Waals surface area contributed by atoms with Crippen LogP contribution in [0, 0.1) is 23.2 Å². The average Bonchev–Trinajstić information content (AvgIpc) is 2.38. The summed E-state index contributed by atoms with van der Waals surface area (Å²) in [5, 5.41) is 12.3. The zero-order valence-corrected chi connectivity index (χ0v) is 11.4. The zero-order valence-electron chi connectivity index (χ0n) is 11.4. The van der Waals surface area contributed by atoms with Gasteiger partial charge in [0, 0.05) is 18.3 Å². The van der Waals surface area contributed by atoms with Crippen LogP contribution in [0.3, 0.4) is 0 Å². The van der Waals surface area contributed by atoms with Crippen LogP contribution in [0.15, 0.2) is 18.2 Å². The van der Waals surface area contributed by atoms with Gasteiger partial charge in [0.05, 0.1) is 26.2 Å². The van der Waals surface area contributed by atoms with Crippen LogP contribution in [-0.2, 0) is 0 Å². The van der Waals surface area contributed by atoms with Crippen molar-refractivity contribution in [1.82, 2.24) is 0 Å². The second-order valence-electron chi connectivity index (χ2n) is 4.43. The number of nitrogens with one attached hydrogen (secondary N) is 1. The zero-order chi connectivity index (χ0) is 13.5. The first kappa shape index (κ1) is 14.2. The number of nitriles is 1. The van der Waals surface area contributed by atoms with Crippen molar-refractivity contribution in [2.45, 2.75) is 13.8 Å². The number of hydrogen-bond donors (Lipinski definition) is 1. The first-order valence-electron chi connectivity index (χ1n) is 5.97. The summed E-state index contributed by atoms with van der Waals surface area (Å²) in [6.07, 6.45) is 0. The fraction of sp³-hybridized carbons (Fsp3) is 0.500. The maximum absolute atomic E-state index is 9.02. The quantitative estimate of drug-likeness (QED) is 0.841. The van der Waals surface area contributed by atoms with Gasteiger partial charge in [0.1, 0.15) is 0 Å². The van der Waals surface area contributed by atoms with E-state index in [0.717, 1.165) is 5.69 Å². The van der Waals surface area contributed by atoms with E-state index in [0.29, 0.717) is 24.0 Å². The highest BCUT2D eigenvalue weighted by Crippen LogP contribution is 2.29. The molecule has 1 atom stereocenters. The van der Waals surface area contributed by atoms with Gasteiger partial charge in [-0.1, -0.05) is 13.8 Å². The minimum absolute atomic E-state index is 0.00176. The van der Waals surface area contributed by atoms with Gasteiger partial charge in [0.25, 0.3) is 0 Å². The van der Waals surface area contributed by atoms with E-state index in [4.69, 9.17) is 14.7 Å². The van der Waals surface area contributed by atoms with E-state index in [2.05, 4.69) is 11.4 Å². The highest BCUT2D eigenvalue weighted by Gasteiger charge is 2.12. The lowest BCUT2D eigenvalue weighted by Gasteiger charge is -2.15. The summed E-state index contributed by atoms with van der Waals surface area (Å²) in [5.74, 6) is 1.71. The van der Waals surface area contributed by atoms with Crippen LogP contribution in [0.4, 0.5) is 5.69 Å². The monoisotopic (exact) mass is 248 g/mol. The Hall–Kier alpha value is -1.89. The van der Waals surface area contributed by atoms with E-state index < -0.39 is 0 Å². The Labute approximate surface area is 109 Å². The molecule has 1 aromatic rings. The van der Waals surface area contributed by atoms with E-state index >= 15 is 0 Å². The van der Waals surface area contributed by atoms with E-state index in [9.17, 15) is 0 Å². The molecule has 0 bridgehead atoms. The van der Waals surface area contributed by atoms with Crippen molar-refractivity contribution in [3.8, 4) is 17.6 Å². The van der Waals surface area contributed by atoms with Crippen LogP contribution in [0.2, 0.25) is 0 Å². The van der Waals surface area contributed by atoms with E-state index in [1.165, 1.54) is 0 Å². The molecule has 0 heterocycles. The number of nitrogens with zero attached hydrogens (tertiary/aromatic N) is 1. The lowest BCUT2D eigenvalue weighted by atomic mass is 9.97. The highest BCUT2D eigenvalue weighted by molar-refractivity contribution is 5.54. The van der Waals surface area contributed by atoms with Crippen molar-refractivity contribution in [2.24, 2.45) is 11.8 Å². The average molecular weight is 248 g/mol. The van der Waals surface area contributed by atoms with Crippen molar-refractivity contribution in [1.29, 1.82) is 5.26 Å². The summed E-state index contributed by atoms with van der Waals surface area (Å²) in [6.45, 7) is 4.72. The fourth-order valence-electron chi connectivity index (χ4n) is 1.60. The normalized spacial score (nSPS) is 11.8. The summed E-state index contributed by atoms with van der Waals surface area (Å²) in [6, 6.07) is 7.93. The fourth-order valence-corrected chi connectivity index (χ4v) is 1.60. The molecule has 0 saturated carbocycles. The molecule has 0 radical (unpaired) electrons. The molecular formula is C14H20N2O2. The number of benzene rings is 1. The van der Waals surface area contributed by atoms with Gasteiger partial charge in [-0.05, 0) is 18.1 Å². The largest absolute Gasteiger partial charge is 0.493 e. The molecule has 1 N–H and O–H groups in total. The molecule has 4 nitrogen and oxygen atoms in total. The maximum atomic E-state index is 9.02. The first-order chi connectivity index (χ1) is 8.62. The summed E-state index contributed by atoms with van der Waals surface area (Å²) in [4.78, 5) is 0. The van der Waals surface area contributed by atoms with E-state index in [1.807, 2.05) is 32.0 Å². The van der Waals surface area contributed by atoms with Gasteiger partial charge in [-0.3, -0.25) is 0 Å². The van der Waals surface area contributed by atoms with Gasteiger partial charge in [0.2, 0.25) is 0 Å². The Kier molecular flexibility index (Phi) is 5.31. The SMILES string of the molecule is COc1ccc(NCC(C#N)C(C)C)cc1OC. The molecule has 1 aromatic carbocycles. The summed E-state index contributed by atoms with van der Waals surface area (Å²) < 4.78 is 10.4. The Morgan fingerprint density at radius 3 is 2.39 bits per heavy atom. The first-order valence-corrected chi connectivity index (χ1v) is 5.97. The number of anilines is 1. The van der Waals surface area contributed by atoms with E-state index in [1.54, 1.807) is 14.2 Å². The molecule has 18 heavy (non-hydrogen) atoms. The van der Waals surface area contributed by atoms with Crippen molar-refractivity contribution in [3.05, 3.63) is 18.2 Å². The second-order valence-corrected chi connectivity index (χ2v) is 4.43. The van der Waals surface area contributed by atoms with Gasteiger partial charge < -0.3 is 14.8 Å². The van der Waals surface area contributed by atoms with E-state index in [-0.39, 0.29) is 5.92 Å². The molecule has 0 aliphatic rings. The molecule has 0 aliphatic heterocycles. The predicted molar refractivity (Wildman–Crippen MR) is 72.0 cm³/mol. The highest BCUT2D eigenvalue weighted by atomic mass is 16.5. The third-order valence-electron chi connectivity index (χ3n) is 2.88. The third-order valence-corrected chi connectivity index (χ3v) is 2.88.